The molecule has 3 rings (SSSR count). The van der Waals surface area contributed by atoms with Gasteiger partial charge in [0, 0.05) is 13.1 Å². The van der Waals surface area contributed by atoms with Crippen LogP contribution in [-0.2, 0) is 0 Å². The second kappa shape index (κ2) is 6.65. The van der Waals surface area contributed by atoms with Crippen molar-refractivity contribution in [2.24, 2.45) is 5.10 Å². The molecule has 0 bridgehead atoms. The monoisotopic (exact) mass is 319 g/mol. The first-order valence-electron chi connectivity index (χ1n) is 7.04. The van der Waals surface area contributed by atoms with Gasteiger partial charge < -0.3 is 4.42 Å². The number of nitrogens with zero attached hydrogens (tertiary/aromatic N) is 3. The highest BCUT2D eigenvalue weighted by atomic mass is 32.7. The average molecular weight is 319 g/mol. The fraction of sp³-hybridized carbons (Fsp3) is 0.267. The molecule has 2 heterocycles. The van der Waals surface area contributed by atoms with E-state index < -0.39 is 7.42 Å². The molecule has 6 heteroatoms. The minimum absolute atomic E-state index is 0.573. The van der Waals surface area contributed by atoms with Gasteiger partial charge in [0.15, 0.2) is 18.2 Å². The van der Waals surface area contributed by atoms with Gasteiger partial charge in [-0.2, -0.15) is 5.10 Å². The third-order valence-electron chi connectivity index (χ3n) is 3.21. The quantitative estimate of drug-likeness (QED) is 0.744. The minimum Gasteiger partial charge on any atom is -0.462 e. The molecule has 0 fully saturated rings. The van der Waals surface area contributed by atoms with Crippen LogP contribution in [-0.4, -0.2) is 22.8 Å². The van der Waals surface area contributed by atoms with Crippen LogP contribution in [0.25, 0.3) is 0 Å². The Kier molecular flexibility index (Phi) is 4.63. The molecule has 1 aromatic heterocycles. The molecule has 1 atom stereocenters. The van der Waals surface area contributed by atoms with Crippen molar-refractivity contribution in [2.75, 3.05) is 17.9 Å². The molecule has 1 aliphatic rings. The van der Waals surface area contributed by atoms with Gasteiger partial charge in [0.1, 0.15) is 0 Å². The first-order chi connectivity index (χ1) is 10.3. The topological polar surface area (TPSA) is 32.0 Å². The molecule has 1 unspecified atom stereocenters. The van der Waals surface area contributed by atoms with E-state index in [2.05, 4.69) is 47.6 Å². The molecule has 21 heavy (non-hydrogen) atoms. The predicted molar refractivity (Wildman–Crippen MR) is 91.6 cm³/mol. The molecule has 0 aliphatic carbocycles. The number of benzene rings is 1. The van der Waals surface area contributed by atoms with E-state index >= 15 is 0 Å². The Morgan fingerprint density at radius 3 is 2.52 bits per heavy atom. The zero-order valence-corrected chi connectivity index (χ0v) is 13.8. The summed E-state index contributed by atoms with van der Waals surface area (Å²) in [5.74, 6) is 0.845. The normalized spacial score (nSPS) is 18.3. The van der Waals surface area contributed by atoms with E-state index in [0.717, 1.165) is 29.6 Å². The van der Waals surface area contributed by atoms with Gasteiger partial charge in [-0.1, -0.05) is 32.0 Å². The van der Waals surface area contributed by atoms with E-state index in [0.29, 0.717) is 0 Å². The van der Waals surface area contributed by atoms with Crippen LogP contribution in [0.5, 0.6) is 0 Å². The van der Waals surface area contributed by atoms with Crippen molar-refractivity contribution in [1.82, 2.24) is 4.67 Å². The molecule has 0 saturated carbocycles. The molecule has 0 radical (unpaired) electrons. The minimum atomic E-state index is -0.573. The summed E-state index contributed by atoms with van der Waals surface area (Å²) in [6.45, 7) is 6.42. The standard InChI is InChI=1S/C15H18N3OPS/c1-3-17(4-2)20-18(13-9-6-5-7-10-13)16-15(21-20)14-11-8-12-19-14/h5-12H,3-4H2,1-2H3. The van der Waals surface area contributed by atoms with Gasteiger partial charge in [-0.05, 0) is 35.6 Å². The van der Waals surface area contributed by atoms with E-state index in [9.17, 15) is 0 Å². The second-order valence-corrected chi connectivity index (χ2v) is 8.04. The summed E-state index contributed by atoms with van der Waals surface area (Å²) >= 11 is 1.80. The van der Waals surface area contributed by atoms with Crippen LogP contribution < -0.4 is 4.78 Å². The van der Waals surface area contributed by atoms with Crippen molar-refractivity contribution < 1.29 is 4.42 Å². The smallest absolute Gasteiger partial charge is 0.167 e. The Bertz CT molecular complexity index is 599. The molecule has 0 amide bonds. The van der Waals surface area contributed by atoms with Gasteiger partial charge in [-0.25, -0.2) is 4.78 Å². The zero-order valence-electron chi connectivity index (χ0n) is 12.1. The molecular weight excluding hydrogens is 301 g/mol. The van der Waals surface area contributed by atoms with Crippen molar-refractivity contribution in [1.29, 1.82) is 0 Å². The molecule has 110 valence electrons. The van der Waals surface area contributed by atoms with E-state index in [4.69, 9.17) is 9.52 Å². The van der Waals surface area contributed by atoms with E-state index in [1.54, 1.807) is 17.6 Å². The summed E-state index contributed by atoms with van der Waals surface area (Å²) in [6, 6.07) is 14.2. The zero-order chi connectivity index (χ0) is 14.7. The molecule has 1 aliphatic heterocycles. The second-order valence-electron chi connectivity index (χ2n) is 4.49. The fourth-order valence-corrected chi connectivity index (χ4v) is 6.57. The van der Waals surface area contributed by atoms with Crippen LogP contribution in [0.3, 0.4) is 0 Å². The molecular formula is C15H18N3OPS. The van der Waals surface area contributed by atoms with Gasteiger partial charge >= 0.3 is 0 Å². The Labute approximate surface area is 130 Å². The molecule has 2 aromatic rings. The highest BCUT2D eigenvalue weighted by molar-refractivity contribution is 8.63. The molecule has 0 N–H and O–H groups in total. The Morgan fingerprint density at radius 1 is 1.14 bits per heavy atom. The first-order valence-corrected chi connectivity index (χ1v) is 9.71. The SMILES string of the molecule is CCN(CC)P1SC(c2ccco2)=NN1c1ccccc1. The van der Waals surface area contributed by atoms with Crippen LogP contribution in [0.1, 0.15) is 19.6 Å². The lowest BCUT2D eigenvalue weighted by atomic mass is 10.3. The van der Waals surface area contributed by atoms with Crippen molar-refractivity contribution in [3.63, 3.8) is 0 Å². The van der Waals surface area contributed by atoms with E-state index in [-0.39, 0.29) is 0 Å². The van der Waals surface area contributed by atoms with Crippen LogP contribution in [0.2, 0.25) is 0 Å². The predicted octanol–water partition coefficient (Wildman–Crippen LogP) is 4.76. The Morgan fingerprint density at radius 2 is 1.90 bits per heavy atom. The number of anilines is 1. The number of furan rings is 1. The maximum absolute atomic E-state index is 5.51. The molecule has 0 saturated heterocycles. The molecule has 0 spiro atoms. The summed E-state index contributed by atoms with van der Waals surface area (Å²) in [7, 11) is -0.573. The molecule has 4 nitrogen and oxygen atoms in total. The number of hydrogen-bond acceptors (Lipinski definition) is 5. The van der Waals surface area contributed by atoms with Gasteiger partial charge in [-0.3, -0.25) is 4.67 Å². The Balaban J connectivity index is 1.94. The summed E-state index contributed by atoms with van der Waals surface area (Å²) in [5, 5.41) is 5.77. The van der Waals surface area contributed by atoms with Crippen molar-refractivity contribution in [3.8, 4) is 0 Å². The van der Waals surface area contributed by atoms with Crippen molar-refractivity contribution >= 4 is 29.5 Å². The third kappa shape index (κ3) is 3.00. The number of hydrogen-bond donors (Lipinski definition) is 0. The lowest BCUT2D eigenvalue weighted by Gasteiger charge is -2.30. The first kappa shape index (κ1) is 14.6. The van der Waals surface area contributed by atoms with Gasteiger partial charge in [0.2, 0.25) is 0 Å². The average Bonchev–Trinajstić information content (AvgIpc) is 3.19. The number of hydrazone groups is 1. The van der Waals surface area contributed by atoms with Crippen LogP contribution in [0.4, 0.5) is 5.69 Å². The van der Waals surface area contributed by atoms with Gasteiger partial charge in [-0.15, -0.1) is 0 Å². The summed E-state index contributed by atoms with van der Waals surface area (Å²) in [5.41, 5.74) is 1.13. The Hall–Kier alpha value is -1.29. The number of rotatable bonds is 5. The van der Waals surface area contributed by atoms with Crippen LogP contribution in [0, 0.1) is 0 Å². The largest absolute Gasteiger partial charge is 0.462 e. The lowest BCUT2D eigenvalue weighted by Crippen LogP contribution is -2.22. The summed E-state index contributed by atoms with van der Waals surface area (Å²) in [4.78, 5) is 0. The highest BCUT2D eigenvalue weighted by Gasteiger charge is 2.34. The van der Waals surface area contributed by atoms with Crippen molar-refractivity contribution in [2.45, 2.75) is 13.8 Å². The van der Waals surface area contributed by atoms with Crippen LogP contribution >= 0.6 is 18.8 Å². The molecule has 1 aromatic carbocycles. The number of para-hydroxylation sites is 1. The summed E-state index contributed by atoms with van der Waals surface area (Å²) < 4.78 is 10.1. The van der Waals surface area contributed by atoms with Crippen molar-refractivity contribution in [3.05, 3.63) is 54.5 Å². The lowest BCUT2D eigenvalue weighted by molar-refractivity contribution is 0.511. The fourth-order valence-electron chi connectivity index (χ4n) is 2.11. The van der Waals surface area contributed by atoms with Crippen LogP contribution in [0.15, 0.2) is 58.2 Å². The summed E-state index contributed by atoms with van der Waals surface area (Å²) in [6.07, 6.45) is 1.70. The third-order valence-corrected chi connectivity index (χ3v) is 7.69. The van der Waals surface area contributed by atoms with Gasteiger partial charge in [0.05, 0.1) is 12.0 Å². The highest BCUT2D eigenvalue weighted by Crippen LogP contribution is 2.62. The maximum Gasteiger partial charge on any atom is 0.167 e. The van der Waals surface area contributed by atoms with E-state index in [1.807, 2.05) is 18.2 Å². The maximum atomic E-state index is 5.51. The van der Waals surface area contributed by atoms with E-state index in [1.165, 1.54) is 0 Å². The van der Waals surface area contributed by atoms with Gasteiger partial charge in [0.25, 0.3) is 0 Å².